The van der Waals surface area contributed by atoms with E-state index < -0.39 is 0 Å². The van der Waals surface area contributed by atoms with E-state index in [0.29, 0.717) is 5.88 Å². The fourth-order valence-corrected chi connectivity index (χ4v) is 2.95. The van der Waals surface area contributed by atoms with Gasteiger partial charge in [-0.2, -0.15) is 0 Å². The molecule has 0 bridgehead atoms. The van der Waals surface area contributed by atoms with Crippen LogP contribution in [0.1, 0.15) is 46.9 Å². The van der Waals surface area contributed by atoms with Crippen LogP contribution < -0.4 is 4.74 Å². The molecule has 0 atom stereocenters. The van der Waals surface area contributed by atoms with Crippen LogP contribution in [0.5, 0.6) is 11.6 Å². The van der Waals surface area contributed by atoms with Gasteiger partial charge in [0.1, 0.15) is 12.9 Å². The Kier molecular flexibility index (Phi) is 5.60. The van der Waals surface area contributed by atoms with Gasteiger partial charge in [0.25, 0.3) is 0 Å². The van der Waals surface area contributed by atoms with Crippen LogP contribution in [0, 0.1) is 34.6 Å². The van der Waals surface area contributed by atoms with Crippen LogP contribution in [0.2, 0.25) is 0 Å². The van der Waals surface area contributed by atoms with E-state index in [2.05, 4.69) is 50.0 Å². The van der Waals surface area contributed by atoms with Gasteiger partial charge in [0.2, 0.25) is 5.88 Å². The van der Waals surface area contributed by atoms with E-state index in [4.69, 9.17) is 9.57 Å². The van der Waals surface area contributed by atoms with Crippen molar-refractivity contribution in [3.05, 3.63) is 51.7 Å². The molecule has 4 heteroatoms. The molecule has 2 aromatic rings. The standard InChI is InChI=1S/C20H26N2O2/c1-8-18(22-23-7)17-11-15(5)21-20(16(17)6)24-19-13(3)9-12(2)10-14(19)4/h9-11H,8H2,1-7H3/b22-18+. The maximum Gasteiger partial charge on any atom is 0.223 e. The zero-order chi connectivity index (χ0) is 17.9. The molecule has 0 aliphatic heterocycles. The molecule has 128 valence electrons. The minimum absolute atomic E-state index is 0.623. The van der Waals surface area contributed by atoms with Gasteiger partial charge in [-0.1, -0.05) is 29.8 Å². The van der Waals surface area contributed by atoms with Crippen LogP contribution in [-0.2, 0) is 4.84 Å². The number of rotatable bonds is 5. The van der Waals surface area contributed by atoms with Crippen molar-refractivity contribution in [3.63, 3.8) is 0 Å². The largest absolute Gasteiger partial charge is 0.438 e. The molecular weight excluding hydrogens is 300 g/mol. The van der Waals surface area contributed by atoms with Crippen molar-refractivity contribution in [1.29, 1.82) is 0 Å². The van der Waals surface area contributed by atoms with Gasteiger partial charge in [0.05, 0.1) is 5.71 Å². The number of benzene rings is 1. The van der Waals surface area contributed by atoms with E-state index in [0.717, 1.165) is 45.8 Å². The topological polar surface area (TPSA) is 43.7 Å². The Morgan fingerprint density at radius 2 is 1.67 bits per heavy atom. The summed E-state index contributed by atoms with van der Waals surface area (Å²) < 4.78 is 6.21. The van der Waals surface area contributed by atoms with Crippen molar-refractivity contribution in [2.75, 3.05) is 7.11 Å². The Morgan fingerprint density at radius 1 is 1.04 bits per heavy atom. The third kappa shape index (κ3) is 3.75. The van der Waals surface area contributed by atoms with E-state index in [1.165, 1.54) is 5.56 Å². The highest BCUT2D eigenvalue weighted by molar-refractivity contribution is 6.01. The fourth-order valence-electron chi connectivity index (χ4n) is 2.95. The highest BCUT2D eigenvalue weighted by atomic mass is 16.6. The van der Waals surface area contributed by atoms with Gasteiger partial charge in [-0.15, -0.1) is 0 Å². The van der Waals surface area contributed by atoms with Gasteiger partial charge in [-0.05, 0) is 58.2 Å². The third-order valence-electron chi connectivity index (χ3n) is 4.01. The van der Waals surface area contributed by atoms with Crippen LogP contribution >= 0.6 is 0 Å². The molecule has 1 heterocycles. The van der Waals surface area contributed by atoms with E-state index in [1.807, 2.05) is 19.9 Å². The second-order valence-electron chi connectivity index (χ2n) is 6.15. The quantitative estimate of drug-likeness (QED) is 0.562. The van der Waals surface area contributed by atoms with Crippen LogP contribution in [-0.4, -0.2) is 17.8 Å². The minimum atomic E-state index is 0.623. The summed E-state index contributed by atoms with van der Waals surface area (Å²) in [6.45, 7) is 12.2. The van der Waals surface area contributed by atoms with Crippen LogP contribution in [0.4, 0.5) is 0 Å². The van der Waals surface area contributed by atoms with Crippen molar-refractivity contribution in [2.24, 2.45) is 5.16 Å². The van der Waals surface area contributed by atoms with Crippen molar-refractivity contribution < 1.29 is 9.57 Å². The number of aryl methyl sites for hydroxylation is 4. The molecule has 0 aliphatic carbocycles. The molecule has 0 aliphatic rings. The van der Waals surface area contributed by atoms with E-state index in [-0.39, 0.29) is 0 Å². The van der Waals surface area contributed by atoms with Crippen molar-refractivity contribution >= 4 is 5.71 Å². The fraction of sp³-hybridized carbons (Fsp3) is 0.400. The first kappa shape index (κ1) is 18.0. The maximum absolute atomic E-state index is 6.21. The lowest BCUT2D eigenvalue weighted by molar-refractivity contribution is 0.213. The molecule has 0 saturated carbocycles. The molecule has 0 spiro atoms. The predicted octanol–water partition coefficient (Wildman–Crippen LogP) is 5.18. The number of ether oxygens (including phenoxy) is 1. The Morgan fingerprint density at radius 3 is 2.21 bits per heavy atom. The number of nitrogens with zero attached hydrogens (tertiary/aromatic N) is 2. The SMILES string of the molecule is CC/C(=N\OC)c1cc(C)nc(Oc2c(C)cc(C)cc2C)c1C. The smallest absolute Gasteiger partial charge is 0.223 e. The van der Waals surface area contributed by atoms with Gasteiger partial charge in [-0.3, -0.25) is 0 Å². The lowest BCUT2D eigenvalue weighted by Gasteiger charge is -2.16. The lowest BCUT2D eigenvalue weighted by Crippen LogP contribution is -2.07. The number of pyridine rings is 1. The van der Waals surface area contributed by atoms with E-state index >= 15 is 0 Å². The van der Waals surface area contributed by atoms with Crippen LogP contribution in [0.25, 0.3) is 0 Å². The maximum atomic E-state index is 6.21. The molecule has 0 saturated heterocycles. The highest BCUT2D eigenvalue weighted by Crippen LogP contribution is 2.32. The minimum Gasteiger partial charge on any atom is -0.438 e. The summed E-state index contributed by atoms with van der Waals surface area (Å²) in [6, 6.07) is 6.27. The molecule has 4 nitrogen and oxygen atoms in total. The van der Waals surface area contributed by atoms with Gasteiger partial charge >= 0.3 is 0 Å². The molecule has 0 amide bonds. The first-order chi connectivity index (χ1) is 11.4. The van der Waals surface area contributed by atoms with Crippen LogP contribution in [0.3, 0.4) is 0 Å². The zero-order valence-electron chi connectivity index (χ0n) is 15.7. The summed E-state index contributed by atoms with van der Waals surface area (Å²) in [7, 11) is 1.56. The Balaban J connectivity index is 2.53. The summed E-state index contributed by atoms with van der Waals surface area (Å²) in [5.74, 6) is 1.49. The molecule has 1 aromatic carbocycles. The lowest BCUT2D eigenvalue weighted by atomic mass is 10.0. The number of aromatic nitrogens is 1. The molecule has 0 radical (unpaired) electrons. The molecule has 0 unspecified atom stereocenters. The summed E-state index contributed by atoms with van der Waals surface area (Å²) in [6.07, 6.45) is 0.778. The number of hydrogen-bond acceptors (Lipinski definition) is 4. The van der Waals surface area contributed by atoms with Gasteiger partial charge in [-0.25, -0.2) is 4.98 Å². The molecule has 24 heavy (non-hydrogen) atoms. The van der Waals surface area contributed by atoms with Gasteiger partial charge in [0, 0.05) is 16.8 Å². The van der Waals surface area contributed by atoms with Crippen LogP contribution in [0.15, 0.2) is 23.4 Å². The van der Waals surface area contributed by atoms with E-state index in [1.54, 1.807) is 7.11 Å². The van der Waals surface area contributed by atoms with Crippen molar-refractivity contribution in [1.82, 2.24) is 4.98 Å². The molecule has 0 N–H and O–H groups in total. The molecule has 1 aromatic heterocycles. The highest BCUT2D eigenvalue weighted by Gasteiger charge is 2.16. The molecule has 0 fully saturated rings. The van der Waals surface area contributed by atoms with Gasteiger partial charge in [0.15, 0.2) is 0 Å². The Hall–Kier alpha value is -2.36. The second-order valence-corrected chi connectivity index (χ2v) is 6.15. The average molecular weight is 326 g/mol. The number of hydrogen-bond donors (Lipinski definition) is 0. The Bertz CT molecular complexity index is 756. The summed E-state index contributed by atoms with van der Waals surface area (Å²) in [4.78, 5) is 9.57. The predicted molar refractivity (Wildman–Crippen MR) is 98.3 cm³/mol. The van der Waals surface area contributed by atoms with Crippen molar-refractivity contribution in [3.8, 4) is 11.6 Å². The summed E-state index contributed by atoms with van der Waals surface area (Å²) in [5, 5.41) is 4.14. The monoisotopic (exact) mass is 326 g/mol. The normalized spacial score (nSPS) is 11.5. The zero-order valence-corrected chi connectivity index (χ0v) is 15.7. The Labute approximate surface area is 144 Å². The van der Waals surface area contributed by atoms with E-state index in [9.17, 15) is 0 Å². The summed E-state index contributed by atoms with van der Waals surface area (Å²) in [5.41, 5.74) is 7.22. The van der Waals surface area contributed by atoms with Gasteiger partial charge < -0.3 is 9.57 Å². The molecule has 2 rings (SSSR count). The summed E-state index contributed by atoms with van der Waals surface area (Å²) >= 11 is 0. The first-order valence-electron chi connectivity index (χ1n) is 8.21. The first-order valence-corrected chi connectivity index (χ1v) is 8.21. The second kappa shape index (κ2) is 7.47. The molecular formula is C20H26N2O2. The van der Waals surface area contributed by atoms with Crippen molar-refractivity contribution in [2.45, 2.75) is 48.0 Å². The average Bonchev–Trinajstić information content (AvgIpc) is 2.51. The number of oxime groups is 1. The third-order valence-corrected chi connectivity index (χ3v) is 4.01.